The van der Waals surface area contributed by atoms with Crippen molar-refractivity contribution in [2.45, 2.75) is 38.5 Å². The molecule has 7 nitrogen and oxygen atoms in total. The van der Waals surface area contributed by atoms with Crippen LogP contribution < -0.4 is 16.4 Å². The van der Waals surface area contributed by atoms with Crippen molar-refractivity contribution < 1.29 is 17.6 Å². The minimum atomic E-state index is -4.83. The molecular formula is C24H21F4N5O2. The number of nitrogens with zero attached hydrogens (tertiary/aromatic N) is 3. The molecule has 0 bridgehead atoms. The molecule has 0 saturated carbocycles. The maximum atomic E-state index is 14.7. The Hall–Kier alpha value is -4.02. The van der Waals surface area contributed by atoms with Crippen molar-refractivity contribution in [3.63, 3.8) is 0 Å². The molecule has 11 heteroatoms. The molecule has 0 spiro atoms. The fourth-order valence-corrected chi connectivity index (χ4v) is 3.89. The van der Waals surface area contributed by atoms with Gasteiger partial charge in [-0.1, -0.05) is 6.07 Å². The molecule has 1 atom stereocenters. The van der Waals surface area contributed by atoms with Gasteiger partial charge >= 0.3 is 6.18 Å². The average molecular weight is 487 g/mol. The monoisotopic (exact) mass is 487 g/mol. The lowest BCUT2D eigenvalue weighted by molar-refractivity contribution is -0.138. The third kappa shape index (κ3) is 5.23. The molecule has 0 aliphatic carbocycles. The van der Waals surface area contributed by atoms with E-state index in [1.54, 1.807) is 54.7 Å². The number of rotatable bonds is 7. The minimum Gasteiger partial charge on any atom is -0.381 e. The van der Waals surface area contributed by atoms with Crippen LogP contribution in [0.1, 0.15) is 25.3 Å². The molecule has 3 aromatic heterocycles. The van der Waals surface area contributed by atoms with Crippen molar-refractivity contribution in [1.29, 1.82) is 0 Å². The van der Waals surface area contributed by atoms with Crippen LogP contribution in [0.2, 0.25) is 0 Å². The zero-order chi connectivity index (χ0) is 25.2. The van der Waals surface area contributed by atoms with Crippen LogP contribution in [-0.2, 0) is 12.7 Å². The zero-order valence-corrected chi connectivity index (χ0v) is 18.6. The Kier molecular flexibility index (Phi) is 6.68. The molecule has 0 aliphatic rings. The molecule has 182 valence electrons. The first kappa shape index (κ1) is 24.1. The smallest absolute Gasteiger partial charge is 0.381 e. The standard InChI is InChI=1S/C24H21F4N5O2/c1-14(31-20-13-30-32-22(34)21(20)24(26,27)28)5-4-9-33-10-7-15-11-17(19-6-2-3-8-29-19)18(25)12-16(15)23(33)35/h2-3,6-8,10-14H,4-5,9H2,1H3,(H2,31,32,34). The molecule has 1 aromatic carbocycles. The van der Waals surface area contributed by atoms with Gasteiger partial charge in [-0.25, -0.2) is 9.49 Å². The van der Waals surface area contributed by atoms with Gasteiger partial charge < -0.3 is 9.88 Å². The van der Waals surface area contributed by atoms with E-state index in [0.29, 0.717) is 29.5 Å². The summed E-state index contributed by atoms with van der Waals surface area (Å²) in [6.45, 7) is 1.95. The minimum absolute atomic E-state index is 0.222. The second-order valence-corrected chi connectivity index (χ2v) is 8.12. The van der Waals surface area contributed by atoms with Gasteiger partial charge in [0.15, 0.2) is 0 Å². The molecule has 0 fully saturated rings. The van der Waals surface area contributed by atoms with E-state index in [0.717, 1.165) is 6.20 Å². The quantitative estimate of drug-likeness (QED) is 0.372. The molecule has 0 amide bonds. The summed E-state index contributed by atoms with van der Waals surface area (Å²) in [6.07, 6.45) is 0.104. The molecule has 1 unspecified atom stereocenters. The Morgan fingerprint density at radius 2 is 1.97 bits per heavy atom. The van der Waals surface area contributed by atoms with Crippen molar-refractivity contribution in [2.24, 2.45) is 0 Å². The third-order valence-corrected chi connectivity index (χ3v) is 5.58. The second kappa shape index (κ2) is 9.69. The Balaban J connectivity index is 1.47. The molecule has 0 radical (unpaired) electrons. The number of aryl methyl sites for hydroxylation is 1. The van der Waals surface area contributed by atoms with Crippen molar-refractivity contribution in [3.8, 4) is 11.3 Å². The highest BCUT2D eigenvalue weighted by Crippen LogP contribution is 2.32. The number of halogens is 4. The van der Waals surface area contributed by atoms with Crippen LogP contribution in [0, 0.1) is 5.82 Å². The first-order valence-corrected chi connectivity index (χ1v) is 10.8. The van der Waals surface area contributed by atoms with Gasteiger partial charge in [-0.2, -0.15) is 18.3 Å². The molecule has 0 saturated heterocycles. The SMILES string of the molecule is CC(CCCn1ccc2cc(-c3ccccn3)c(F)cc2c1=O)Nc1cn[nH]c(=O)c1C(F)(F)F. The predicted molar refractivity (Wildman–Crippen MR) is 124 cm³/mol. The van der Waals surface area contributed by atoms with Crippen molar-refractivity contribution >= 4 is 16.5 Å². The van der Waals surface area contributed by atoms with E-state index in [4.69, 9.17) is 0 Å². The number of benzene rings is 1. The summed E-state index contributed by atoms with van der Waals surface area (Å²) in [5, 5.41) is 8.69. The highest BCUT2D eigenvalue weighted by atomic mass is 19.4. The Labute approximate surface area is 196 Å². The van der Waals surface area contributed by atoms with E-state index >= 15 is 0 Å². The van der Waals surface area contributed by atoms with Crippen LogP contribution in [0.15, 0.2) is 64.6 Å². The number of hydrogen-bond donors (Lipinski definition) is 2. The number of anilines is 1. The lowest BCUT2D eigenvalue weighted by Gasteiger charge is -2.18. The van der Waals surface area contributed by atoms with Crippen LogP contribution in [-0.4, -0.2) is 25.8 Å². The summed E-state index contributed by atoms with van der Waals surface area (Å²) < 4.78 is 55.8. The van der Waals surface area contributed by atoms with E-state index in [2.05, 4.69) is 15.4 Å². The number of H-pyrrole nitrogens is 1. The molecule has 4 aromatic rings. The van der Waals surface area contributed by atoms with Crippen molar-refractivity contribution in [1.82, 2.24) is 19.7 Å². The normalized spacial score (nSPS) is 12.6. The topological polar surface area (TPSA) is 92.7 Å². The Morgan fingerprint density at radius 1 is 1.17 bits per heavy atom. The molecule has 0 aliphatic heterocycles. The van der Waals surface area contributed by atoms with Gasteiger partial charge in [0, 0.05) is 30.5 Å². The van der Waals surface area contributed by atoms with Crippen molar-refractivity contribution in [2.75, 3.05) is 5.32 Å². The molecule has 2 N–H and O–H groups in total. The number of aromatic amines is 1. The summed E-state index contributed by atoms with van der Waals surface area (Å²) in [5.74, 6) is -0.559. The van der Waals surface area contributed by atoms with Crippen LogP contribution >= 0.6 is 0 Å². The van der Waals surface area contributed by atoms with Crippen LogP contribution in [0.25, 0.3) is 22.0 Å². The number of alkyl halides is 3. The van der Waals surface area contributed by atoms with E-state index in [1.165, 1.54) is 10.6 Å². The van der Waals surface area contributed by atoms with E-state index in [9.17, 15) is 27.2 Å². The lowest BCUT2D eigenvalue weighted by atomic mass is 10.0. The fourth-order valence-electron chi connectivity index (χ4n) is 3.89. The third-order valence-electron chi connectivity index (χ3n) is 5.58. The van der Waals surface area contributed by atoms with E-state index in [1.807, 2.05) is 0 Å². The van der Waals surface area contributed by atoms with E-state index in [-0.39, 0.29) is 17.5 Å². The van der Waals surface area contributed by atoms with Gasteiger partial charge in [-0.3, -0.25) is 14.6 Å². The molecule has 4 rings (SSSR count). The van der Waals surface area contributed by atoms with Gasteiger partial charge in [0.25, 0.3) is 11.1 Å². The van der Waals surface area contributed by atoms with Crippen LogP contribution in [0.4, 0.5) is 23.2 Å². The first-order valence-electron chi connectivity index (χ1n) is 10.8. The number of aromatic nitrogens is 4. The van der Waals surface area contributed by atoms with Gasteiger partial charge in [0.05, 0.1) is 23.0 Å². The Morgan fingerprint density at radius 3 is 2.69 bits per heavy atom. The predicted octanol–water partition coefficient (Wildman–Crippen LogP) is 4.59. The van der Waals surface area contributed by atoms with E-state index < -0.39 is 34.8 Å². The van der Waals surface area contributed by atoms with Crippen LogP contribution in [0.3, 0.4) is 0 Å². The summed E-state index contributed by atoms with van der Waals surface area (Å²) in [6, 6.07) is 9.20. The van der Waals surface area contributed by atoms with Gasteiger partial charge in [-0.15, -0.1) is 0 Å². The zero-order valence-electron chi connectivity index (χ0n) is 18.6. The highest BCUT2D eigenvalue weighted by molar-refractivity contribution is 5.86. The van der Waals surface area contributed by atoms with Gasteiger partial charge in [-0.05, 0) is 55.5 Å². The maximum Gasteiger partial charge on any atom is 0.423 e. The number of nitrogens with one attached hydrogen (secondary N) is 2. The largest absolute Gasteiger partial charge is 0.423 e. The highest BCUT2D eigenvalue weighted by Gasteiger charge is 2.37. The number of pyridine rings is 2. The number of hydrogen-bond acceptors (Lipinski definition) is 5. The summed E-state index contributed by atoms with van der Waals surface area (Å²) in [5.41, 5.74) is -2.68. The summed E-state index contributed by atoms with van der Waals surface area (Å²) in [7, 11) is 0. The van der Waals surface area contributed by atoms with Crippen molar-refractivity contribution in [3.05, 3.63) is 87.1 Å². The number of fused-ring (bicyclic) bond motifs is 1. The maximum absolute atomic E-state index is 14.7. The van der Waals surface area contributed by atoms with Crippen LogP contribution in [0.5, 0.6) is 0 Å². The Bertz CT molecular complexity index is 1470. The molecule has 3 heterocycles. The summed E-state index contributed by atoms with van der Waals surface area (Å²) in [4.78, 5) is 28.6. The molecule has 35 heavy (non-hydrogen) atoms. The average Bonchev–Trinajstić information content (AvgIpc) is 2.80. The fraction of sp³-hybridized carbons (Fsp3) is 0.250. The first-order chi connectivity index (χ1) is 16.6. The van der Waals surface area contributed by atoms with Gasteiger partial charge in [0.1, 0.15) is 11.4 Å². The van der Waals surface area contributed by atoms with Gasteiger partial charge in [0.2, 0.25) is 0 Å². The lowest BCUT2D eigenvalue weighted by Crippen LogP contribution is -2.27. The second-order valence-electron chi connectivity index (χ2n) is 8.12. The summed E-state index contributed by atoms with van der Waals surface area (Å²) >= 11 is 0. The molecular weight excluding hydrogens is 466 g/mol.